The van der Waals surface area contributed by atoms with Crippen LogP contribution in [0.2, 0.25) is 0 Å². The average molecular weight is 371 g/mol. The number of alkyl halides is 5. The van der Waals surface area contributed by atoms with Gasteiger partial charge in [-0.05, 0) is 19.1 Å². The summed E-state index contributed by atoms with van der Waals surface area (Å²) in [5.74, 6) is -4.76. The fourth-order valence-electron chi connectivity index (χ4n) is 1.53. The molecule has 1 aromatic rings. The van der Waals surface area contributed by atoms with E-state index in [9.17, 15) is 26.7 Å². The summed E-state index contributed by atoms with van der Waals surface area (Å²) in [7, 11) is 0. The maximum absolute atomic E-state index is 12.5. The summed E-state index contributed by atoms with van der Waals surface area (Å²) in [6, 6.07) is 7.84. The smallest absolute Gasteiger partial charge is 0.374 e. The van der Waals surface area contributed by atoms with Crippen molar-refractivity contribution in [2.45, 2.75) is 30.3 Å². The standard InChI is InChI=1S/C15H18F5NO2S/c1-11-2-4-12(5-3-11)24-9-7-21-13(22)6-8-23-10-14(16,17)15(18,19)20/h2-5H,6-10H2,1H3,(H,21,22). The van der Waals surface area contributed by atoms with Crippen molar-refractivity contribution in [1.82, 2.24) is 5.32 Å². The Morgan fingerprint density at radius 2 is 1.79 bits per heavy atom. The molecular formula is C15H18F5NO2S. The zero-order valence-electron chi connectivity index (χ0n) is 13.0. The highest BCUT2D eigenvalue weighted by atomic mass is 32.2. The number of hydrogen-bond donors (Lipinski definition) is 1. The Balaban J connectivity index is 2.11. The molecule has 0 unspecified atom stereocenters. The van der Waals surface area contributed by atoms with Crippen molar-refractivity contribution < 1.29 is 31.5 Å². The van der Waals surface area contributed by atoms with Crippen LogP contribution < -0.4 is 5.32 Å². The predicted octanol–water partition coefficient (Wildman–Crippen LogP) is 3.81. The van der Waals surface area contributed by atoms with Crippen molar-refractivity contribution in [3.63, 3.8) is 0 Å². The van der Waals surface area contributed by atoms with Gasteiger partial charge in [0, 0.05) is 23.6 Å². The molecule has 9 heteroatoms. The number of hydrogen-bond acceptors (Lipinski definition) is 3. The molecule has 3 nitrogen and oxygen atoms in total. The van der Waals surface area contributed by atoms with Crippen molar-refractivity contribution in [2.24, 2.45) is 0 Å². The van der Waals surface area contributed by atoms with E-state index in [-0.39, 0.29) is 6.42 Å². The number of amides is 1. The molecule has 136 valence electrons. The molecule has 1 aromatic carbocycles. The maximum Gasteiger partial charge on any atom is 0.455 e. The molecular weight excluding hydrogens is 353 g/mol. The molecule has 0 spiro atoms. The second-order valence-electron chi connectivity index (χ2n) is 5.02. The highest BCUT2D eigenvalue weighted by Crippen LogP contribution is 2.35. The van der Waals surface area contributed by atoms with Gasteiger partial charge in [-0.2, -0.15) is 22.0 Å². The van der Waals surface area contributed by atoms with E-state index in [0.717, 1.165) is 10.5 Å². The Labute approximate surface area is 140 Å². The number of halogens is 5. The van der Waals surface area contributed by atoms with Crippen molar-refractivity contribution >= 4 is 17.7 Å². The number of carbonyl (C=O) groups is 1. The number of rotatable bonds is 9. The normalized spacial score (nSPS) is 12.2. The minimum Gasteiger partial charge on any atom is -0.374 e. The highest BCUT2D eigenvalue weighted by Gasteiger charge is 2.57. The Morgan fingerprint density at radius 3 is 2.38 bits per heavy atom. The van der Waals surface area contributed by atoms with Crippen LogP contribution in [0.3, 0.4) is 0 Å². The molecule has 24 heavy (non-hydrogen) atoms. The maximum atomic E-state index is 12.5. The van der Waals surface area contributed by atoms with Crippen LogP contribution in [0.15, 0.2) is 29.2 Å². The number of ether oxygens (including phenoxy) is 1. The molecule has 0 radical (unpaired) electrons. The molecule has 0 aromatic heterocycles. The van der Waals surface area contributed by atoms with E-state index in [1.165, 1.54) is 11.8 Å². The lowest BCUT2D eigenvalue weighted by Crippen LogP contribution is -2.41. The topological polar surface area (TPSA) is 38.3 Å². The molecule has 0 aliphatic heterocycles. The summed E-state index contributed by atoms with van der Waals surface area (Å²) in [6.07, 6.45) is -5.93. The van der Waals surface area contributed by atoms with E-state index in [0.29, 0.717) is 12.3 Å². The van der Waals surface area contributed by atoms with Crippen LogP contribution in [0.5, 0.6) is 0 Å². The van der Waals surface area contributed by atoms with Crippen LogP contribution in [0.1, 0.15) is 12.0 Å². The fraction of sp³-hybridized carbons (Fsp3) is 0.533. The van der Waals surface area contributed by atoms with Gasteiger partial charge in [-0.1, -0.05) is 17.7 Å². The van der Waals surface area contributed by atoms with Gasteiger partial charge in [-0.25, -0.2) is 0 Å². The monoisotopic (exact) mass is 371 g/mol. The fourth-order valence-corrected chi connectivity index (χ4v) is 2.30. The van der Waals surface area contributed by atoms with Crippen LogP contribution in [-0.2, 0) is 9.53 Å². The molecule has 0 heterocycles. The van der Waals surface area contributed by atoms with Crippen LogP contribution >= 0.6 is 11.8 Å². The minimum atomic E-state index is -5.65. The molecule has 0 atom stereocenters. The quantitative estimate of drug-likeness (QED) is 0.408. The van der Waals surface area contributed by atoms with E-state index >= 15 is 0 Å². The Morgan fingerprint density at radius 1 is 1.17 bits per heavy atom. The predicted molar refractivity (Wildman–Crippen MR) is 81.4 cm³/mol. The van der Waals surface area contributed by atoms with E-state index < -0.39 is 31.2 Å². The molecule has 0 aliphatic carbocycles. The zero-order chi connectivity index (χ0) is 18.2. The average Bonchev–Trinajstić information content (AvgIpc) is 2.49. The molecule has 1 rings (SSSR count). The molecule has 0 bridgehead atoms. The van der Waals surface area contributed by atoms with E-state index in [1.807, 2.05) is 31.2 Å². The lowest BCUT2D eigenvalue weighted by molar-refractivity contribution is -0.296. The van der Waals surface area contributed by atoms with Gasteiger partial charge in [-0.15, -0.1) is 11.8 Å². The molecule has 0 saturated heterocycles. The van der Waals surface area contributed by atoms with Gasteiger partial charge in [0.15, 0.2) is 0 Å². The van der Waals surface area contributed by atoms with Gasteiger partial charge >= 0.3 is 12.1 Å². The number of thioether (sulfide) groups is 1. The summed E-state index contributed by atoms with van der Waals surface area (Å²) >= 11 is 1.54. The van der Waals surface area contributed by atoms with Crippen molar-refractivity contribution in [3.05, 3.63) is 29.8 Å². The third-order valence-electron chi connectivity index (χ3n) is 2.89. The molecule has 0 aliphatic rings. The first-order valence-corrected chi connectivity index (χ1v) is 8.09. The molecule has 0 fully saturated rings. The summed E-state index contributed by atoms with van der Waals surface area (Å²) < 4.78 is 64.9. The first-order valence-electron chi connectivity index (χ1n) is 7.10. The Kier molecular flexibility index (Phi) is 7.95. The number of benzene rings is 1. The van der Waals surface area contributed by atoms with Crippen molar-refractivity contribution in [3.8, 4) is 0 Å². The summed E-state index contributed by atoms with van der Waals surface area (Å²) in [5, 5.41) is 2.54. The lowest BCUT2D eigenvalue weighted by atomic mass is 10.2. The van der Waals surface area contributed by atoms with Gasteiger partial charge < -0.3 is 10.1 Å². The van der Waals surface area contributed by atoms with Crippen molar-refractivity contribution in [2.75, 3.05) is 25.5 Å². The largest absolute Gasteiger partial charge is 0.455 e. The summed E-state index contributed by atoms with van der Waals surface area (Å²) in [6.45, 7) is 0.0487. The number of aryl methyl sites for hydroxylation is 1. The van der Waals surface area contributed by atoms with Crippen LogP contribution in [0.4, 0.5) is 22.0 Å². The number of nitrogens with one attached hydrogen (secondary N) is 1. The van der Waals surface area contributed by atoms with Gasteiger partial charge in [-0.3, -0.25) is 4.79 Å². The second kappa shape index (κ2) is 9.22. The van der Waals surface area contributed by atoms with Gasteiger partial charge in [0.1, 0.15) is 6.61 Å². The van der Waals surface area contributed by atoms with Gasteiger partial charge in [0.2, 0.25) is 5.91 Å². The molecule has 0 saturated carbocycles. The zero-order valence-corrected chi connectivity index (χ0v) is 13.8. The first-order chi connectivity index (χ1) is 11.1. The third-order valence-corrected chi connectivity index (χ3v) is 3.90. The summed E-state index contributed by atoms with van der Waals surface area (Å²) in [5.41, 5.74) is 1.14. The lowest BCUT2D eigenvalue weighted by Gasteiger charge is -2.19. The Hall–Kier alpha value is -1.35. The van der Waals surface area contributed by atoms with Crippen LogP contribution in [0, 0.1) is 6.92 Å². The molecule has 1 amide bonds. The highest BCUT2D eigenvalue weighted by molar-refractivity contribution is 7.99. The van der Waals surface area contributed by atoms with Gasteiger partial charge in [0.05, 0.1) is 6.61 Å². The third kappa shape index (κ3) is 7.48. The van der Waals surface area contributed by atoms with E-state index in [2.05, 4.69) is 10.1 Å². The Bertz CT molecular complexity index is 520. The van der Waals surface area contributed by atoms with Crippen LogP contribution in [-0.4, -0.2) is 43.5 Å². The minimum absolute atomic E-state index is 0.275. The number of carbonyl (C=O) groups excluding carboxylic acids is 1. The van der Waals surface area contributed by atoms with Gasteiger partial charge in [0.25, 0.3) is 0 Å². The van der Waals surface area contributed by atoms with E-state index in [4.69, 9.17) is 0 Å². The first kappa shape index (κ1) is 20.7. The van der Waals surface area contributed by atoms with E-state index in [1.54, 1.807) is 0 Å². The SMILES string of the molecule is Cc1ccc(SCCNC(=O)CCOCC(F)(F)C(F)(F)F)cc1. The second-order valence-corrected chi connectivity index (χ2v) is 6.18. The van der Waals surface area contributed by atoms with Crippen molar-refractivity contribution in [1.29, 1.82) is 0 Å². The molecule has 1 N–H and O–H groups in total. The summed E-state index contributed by atoms with van der Waals surface area (Å²) in [4.78, 5) is 12.5. The van der Waals surface area contributed by atoms with Crippen LogP contribution in [0.25, 0.3) is 0 Å².